The molecule has 1 fully saturated rings. The van der Waals surface area contributed by atoms with Gasteiger partial charge < -0.3 is 14.9 Å². The van der Waals surface area contributed by atoms with Gasteiger partial charge in [0.25, 0.3) is 0 Å². The maximum Gasteiger partial charge on any atom is 0.119 e. The Balaban J connectivity index is 2.20. The number of hydrogen-bond donors (Lipinski definition) is 2. The lowest BCUT2D eigenvalue weighted by atomic mass is 10.0. The van der Waals surface area contributed by atoms with Crippen LogP contribution in [0.2, 0.25) is 0 Å². The molecule has 0 amide bonds. The number of benzene rings is 1. The quantitative estimate of drug-likeness (QED) is 0.865. The lowest BCUT2D eigenvalue weighted by molar-refractivity contribution is -0.0273. The van der Waals surface area contributed by atoms with Crippen LogP contribution in [0, 0.1) is 0 Å². The third-order valence-corrected chi connectivity index (χ3v) is 3.65. The van der Waals surface area contributed by atoms with Crippen LogP contribution in [-0.4, -0.2) is 40.9 Å². The van der Waals surface area contributed by atoms with Crippen molar-refractivity contribution in [2.24, 2.45) is 0 Å². The van der Waals surface area contributed by atoms with Crippen molar-refractivity contribution in [2.75, 3.05) is 19.8 Å². The van der Waals surface area contributed by atoms with Crippen LogP contribution in [0.1, 0.15) is 31.9 Å². The minimum Gasteiger partial charge on any atom is -0.508 e. The van der Waals surface area contributed by atoms with Crippen LogP contribution in [0.15, 0.2) is 18.2 Å². The Kier molecular flexibility index (Phi) is 4.09. The van der Waals surface area contributed by atoms with E-state index < -0.39 is 0 Å². The second kappa shape index (κ2) is 5.59. The predicted molar refractivity (Wildman–Crippen MR) is 69.8 cm³/mol. The van der Waals surface area contributed by atoms with E-state index in [1.807, 2.05) is 0 Å². The number of rotatable bonds is 3. The molecular weight excluding hydrogens is 230 g/mol. The molecule has 2 rings (SSSR count). The Hall–Kier alpha value is -1.26. The first-order valence-electron chi connectivity index (χ1n) is 6.48. The molecule has 0 aliphatic carbocycles. The Labute approximate surface area is 108 Å². The van der Waals surface area contributed by atoms with Gasteiger partial charge in [0, 0.05) is 24.7 Å². The number of phenolic OH excluding ortho intramolecular Hbond substituents is 2. The van der Waals surface area contributed by atoms with E-state index in [2.05, 4.69) is 18.7 Å². The summed E-state index contributed by atoms with van der Waals surface area (Å²) in [6.07, 6.45) is 1.04. The van der Waals surface area contributed by atoms with Crippen molar-refractivity contribution in [1.29, 1.82) is 0 Å². The van der Waals surface area contributed by atoms with Gasteiger partial charge in [-0.3, -0.25) is 4.90 Å². The van der Waals surface area contributed by atoms with Gasteiger partial charge in [-0.1, -0.05) is 6.92 Å². The summed E-state index contributed by atoms with van der Waals surface area (Å²) in [6, 6.07) is 5.35. The molecule has 0 spiro atoms. The summed E-state index contributed by atoms with van der Waals surface area (Å²) in [7, 11) is 0. The van der Waals surface area contributed by atoms with Gasteiger partial charge in [-0.05, 0) is 31.0 Å². The highest BCUT2D eigenvalue weighted by atomic mass is 16.5. The summed E-state index contributed by atoms with van der Waals surface area (Å²) < 4.78 is 5.50. The van der Waals surface area contributed by atoms with Crippen LogP contribution < -0.4 is 0 Å². The normalized spacial score (nSPS) is 22.9. The molecule has 18 heavy (non-hydrogen) atoms. The van der Waals surface area contributed by atoms with E-state index >= 15 is 0 Å². The fourth-order valence-corrected chi connectivity index (χ4v) is 2.58. The van der Waals surface area contributed by atoms with E-state index in [1.165, 1.54) is 6.07 Å². The zero-order valence-electron chi connectivity index (χ0n) is 11.0. The first-order valence-corrected chi connectivity index (χ1v) is 6.48. The minimum atomic E-state index is 0.109. The van der Waals surface area contributed by atoms with Gasteiger partial charge in [0.15, 0.2) is 0 Å². The molecule has 1 aliphatic rings. The van der Waals surface area contributed by atoms with Gasteiger partial charge >= 0.3 is 0 Å². The van der Waals surface area contributed by atoms with Crippen molar-refractivity contribution < 1.29 is 14.9 Å². The molecule has 0 aromatic heterocycles. The molecule has 0 radical (unpaired) electrons. The molecule has 2 atom stereocenters. The average molecular weight is 251 g/mol. The molecule has 0 saturated carbocycles. The van der Waals surface area contributed by atoms with Crippen molar-refractivity contribution in [1.82, 2.24) is 4.90 Å². The van der Waals surface area contributed by atoms with Crippen LogP contribution in [0.5, 0.6) is 11.5 Å². The molecule has 2 N–H and O–H groups in total. The SMILES string of the molecule is CCC1COCCN1C(C)c1cc(O)cc(O)c1. The predicted octanol–water partition coefficient (Wildman–Crippen LogP) is 2.27. The van der Waals surface area contributed by atoms with Crippen molar-refractivity contribution in [2.45, 2.75) is 32.4 Å². The highest BCUT2D eigenvalue weighted by Crippen LogP contribution is 2.30. The molecule has 4 nitrogen and oxygen atoms in total. The van der Waals surface area contributed by atoms with Crippen molar-refractivity contribution >= 4 is 0 Å². The van der Waals surface area contributed by atoms with E-state index in [0.29, 0.717) is 6.04 Å². The van der Waals surface area contributed by atoms with Crippen molar-refractivity contribution in [3.05, 3.63) is 23.8 Å². The number of phenols is 2. The zero-order valence-corrected chi connectivity index (χ0v) is 11.0. The van der Waals surface area contributed by atoms with Gasteiger partial charge in [0.05, 0.1) is 13.2 Å². The first kappa shape index (κ1) is 13.2. The van der Waals surface area contributed by atoms with Crippen LogP contribution in [0.3, 0.4) is 0 Å². The summed E-state index contributed by atoms with van der Waals surface area (Å²) in [5, 5.41) is 19.1. The number of nitrogens with zero attached hydrogens (tertiary/aromatic N) is 1. The Morgan fingerprint density at radius 2 is 2.00 bits per heavy atom. The molecule has 1 aromatic carbocycles. The average Bonchev–Trinajstić information content (AvgIpc) is 2.36. The maximum atomic E-state index is 9.56. The third kappa shape index (κ3) is 2.76. The van der Waals surface area contributed by atoms with E-state index in [4.69, 9.17) is 4.74 Å². The number of ether oxygens (including phenoxy) is 1. The Bertz CT molecular complexity index is 388. The van der Waals surface area contributed by atoms with E-state index in [0.717, 1.165) is 31.7 Å². The smallest absolute Gasteiger partial charge is 0.119 e. The molecule has 1 saturated heterocycles. The molecule has 100 valence electrons. The second-order valence-electron chi connectivity index (χ2n) is 4.83. The fourth-order valence-electron chi connectivity index (χ4n) is 2.58. The van der Waals surface area contributed by atoms with E-state index in [-0.39, 0.29) is 17.5 Å². The highest BCUT2D eigenvalue weighted by Gasteiger charge is 2.26. The first-order chi connectivity index (χ1) is 8.61. The summed E-state index contributed by atoms with van der Waals surface area (Å²) >= 11 is 0. The lowest BCUT2D eigenvalue weighted by Gasteiger charge is -2.39. The monoisotopic (exact) mass is 251 g/mol. The maximum absolute atomic E-state index is 9.56. The fraction of sp³-hybridized carbons (Fsp3) is 0.571. The summed E-state index contributed by atoms with van der Waals surface area (Å²) in [6.45, 7) is 6.63. The third-order valence-electron chi connectivity index (χ3n) is 3.65. The van der Waals surface area contributed by atoms with Crippen LogP contribution in [-0.2, 0) is 4.74 Å². The van der Waals surface area contributed by atoms with Gasteiger partial charge in [-0.15, -0.1) is 0 Å². The Morgan fingerprint density at radius 3 is 2.61 bits per heavy atom. The van der Waals surface area contributed by atoms with E-state index in [1.54, 1.807) is 12.1 Å². The molecule has 1 heterocycles. The zero-order chi connectivity index (χ0) is 13.1. The van der Waals surface area contributed by atoms with Gasteiger partial charge in [-0.25, -0.2) is 0 Å². The molecule has 0 bridgehead atoms. The van der Waals surface area contributed by atoms with Crippen LogP contribution in [0.4, 0.5) is 0 Å². The van der Waals surface area contributed by atoms with Gasteiger partial charge in [0.1, 0.15) is 11.5 Å². The molecule has 4 heteroatoms. The van der Waals surface area contributed by atoms with Crippen molar-refractivity contribution in [3.8, 4) is 11.5 Å². The molecule has 2 unspecified atom stereocenters. The summed E-state index contributed by atoms with van der Waals surface area (Å²) in [4.78, 5) is 2.37. The van der Waals surface area contributed by atoms with E-state index in [9.17, 15) is 10.2 Å². The topological polar surface area (TPSA) is 52.9 Å². The van der Waals surface area contributed by atoms with Gasteiger partial charge in [0.2, 0.25) is 0 Å². The Morgan fingerprint density at radius 1 is 1.33 bits per heavy atom. The largest absolute Gasteiger partial charge is 0.508 e. The summed E-state index contributed by atoms with van der Waals surface area (Å²) in [5.41, 5.74) is 0.938. The number of aromatic hydroxyl groups is 2. The second-order valence-corrected chi connectivity index (χ2v) is 4.83. The highest BCUT2D eigenvalue weighted by molar-refractivity contribution is 5.38. The lowest BCUT2D eigenvalue weighted by Crippen LogP contribution is -2.46. The minimum absolute atomic E-state index is 0.109. The molecular formula is C14H21NO3. The standard InChI is InChI=1S/C14H21NO3/c1-3-12-9-18-5-4-15(12)10(2)11-6-13(16)8-14(17)7-11/h6-8,10,12,16-17H,3-5,9H2,1-2H3. The molecule has 1 aromatic rings. The number of morpholine rings is 1. The van der Waals surface area contributed by atoms with Crippen molar-refractivity contribution in [3.63, 3.8) is 0 Å². The van der Waals surface area contributed by atoms with Crippen LogP contribution >= 0.6 is 0 Å². The molecule has 1 aliphatic heterocycles. The summed E-state index contributed by atoms with van der Waals surface area (Å²) in [5.74, 6) is 0.219. The van der Waals surface area contributed by atoms with Crippen LogP contribution in [0.25, 0.3) is 0 Å². The number of hydrogen-bond acceptors (Lipinski definition) is 4. The van der Waals surface area contributed by atoms with Gasteiger partial charge in [-0.2, -0.15) is 0 Å².